The number of aliphatic hydroxyl groups is 2. The average Bonchev–Trinajstić information content (AvgIpc) is 3.21. The molecule has 0 aromatic carbocycles. The summed E-state index contributed by atoms with van der Waals surface area (Å²) in [5.41, 5.74) is 0. The summed E-state index contributed by atoms with van der Waals surface area (Å²) in [5, 5.41) is 23.1. The SMILES string of the molecule is CCCCCCCC/C=C\CCCCCCCCCC(=O)OCCCCCCCC/C=C\CCCCCC(=O)NC(CO)C(O)CCCCCCCCCCCC. The van der Waals surface area contributed by atoms with Crippen molar-refractivity contribution < 1.29 is 24.5 Å². The summed E-state index contributed by atoms with van der Waals surface area (Å²) in [6.07, 6.45) is 54.3. The van der Waals surface area contributed by atoms with Crippen molar-refractivity contribution in [2.75, 3.05) is 13.2 Å². The molecule has 0 fully saturated rings. The van der Waals surface area contributed by atoms with E-state index in [2.05, 4.69) is 43.5 Å². The molecule has 0 heterocycles. The van der Waals surface area contributed by atoms with Gasteiger partial charge in [-0.25, -0.2) is 0 Å². The van der Waals surface area contributed by atoms with Crippen molar-refractivity contribution in [1.29, 1.82) is 0 Å². The van der Waals surface area contributed by atoms with Crippen molar-refractivity contribution in [3.63, 3.8) is 0 Å². The number of hydrogen-bond acceptors (Lipinski definition) is 5. The van der Waals surface area contributed by atoms with Gasteiger partial charge in [-0.15, -0.1) is 0 Å². The van der Waals surface area contributed by atoms with Gasteiger partial charge in [0.15, 0.2) is 0 Å². The smallest absolute Gasteiger partial charge is 0.305 e. The molecule has 0 saturated carbocycles. The molecule has 0 spiro atoms. The second-order valence-electron chi connectivity index (χ2n) is 17.1. The van der Waals surface area contributed by atoms with E-state index in [1.807, 2.05) is 0 Å². The number of allylic oxidation sites excluding steroid dienone is 4. The number of unbranched alkanes of at least 4 members (excludes halogenated alkanes) is 31. The summed E-state index contributed by atoms with van der Waals surface area (Å²) in [7, 11) is 0. The number of rotatable bonds is 46. The molecule has 0 aliphatic rings. The molecular formula is C51H97NO5. The lowest BCUT2D eigenvalue weighted by atomic mass is 10.0. The van der Waals surface area contributed by atoms with Gasteiger partial charge in [-0.1, -0.05) is 199 Å². The number of ether oxygens (including phenoxy) is 1. The van der Waals surface area contributed by atoms with Crippen LogP contribution in [0.4, 0.5) is 0 Å². The van der Waals surface area contributed by atoms with Crippen molar-refractivity contribution >= 4 is 11.9 Å². The number of nitrogens with one attached hydrogen (secondary N) is 1. The minimum atomic E-state index is -0.679. The number of carbonyl (C=O) groups excluding carboxylic acids is 2. The topological polar surface area (TPSA) is 95.9 Å². The van der Waals surface area contributed by atoms with Crippen LogP contribution >= 0.6 is 0 Å². The zero-order valence-electron chi connectivity index (χ0n) is 38.1. The minimum absolute atomic E-state index is 0.0165. The molecular weight excluding hydrogens is 707 g/mol. The number of carbonyl (C=O) groups is 2. The van der Waals surface area contributed by atoms with E-state index in [1.54, 1.807) is 0 Å². The molecule has 336 valence electrons. The standard InChI is InChI=1S/C51H97NO5/c1-3-5-7-9-11-13-15-16-17-18-19-22-25-29-33-37-41-45-51(56)57-46-42-38-34-30-26-23-20-21-24-28-32-36-40-44-50(55)52-48(47-53)49(54)43-39-35-31-27-14-12-10-8-6-4-2/h16-17,21,24,48-49,53-54H,3-15,18-20,22-23,25-47H2,1-2H3,(H,52,55)/b17-16-,24-21-. The Kier molecular flexibility index (Phi) is 45.7. The lowest BCUT2D eigenvalue weighted by molar-refractivity contribution is -0.143. The number of esters is 1. The maximum Gasteiger partial charge on any atom is 0.305 e. The molecule has 0 aromatic heterocycles. The summed E-state index contributed by atoms with van der Waals surface area (Å²) in [4.78, 5) is 24.4. The molecule has 0 radical (unpaired) electrons. The highest BCUT2D eigenvalue weighted by Crippen LogP contribution is 2.15. The average molecular weight is 804 g/mol. The van der Waals surface area contributed by atoms with Gasteiger partial charge in [0, 0.05) is 12.8 Å². The largest absolute Gasteiger partial charge is 0.466 e. The highest BCUT2D eigenvalue weighted by molar-refractivity contribution is 5.76. The van der Waals surface area contributed by atoms with Gasteiger partial charge >= 0.3 is 5.97 Å². The normalized spacial score (nSPS) is 12.8. The van der Waals surface area contributed by atoms with Gasteiger partial charge in [-0.3, -0.25) is 9.59 Å². The molecule has 6 nitrogen and oxygen atoms in total. The lowest BCUT2D eigenvalue weighted by Crippen LogP contribution is -2.45. The van der Waals surface area contributed by atoms with E-state index >= 15 is 0 Å². The molecule has 1 amide bonds. The molecule has 0 rings (SSSR count). The van der Waals surface area contributed by atoms with Crippen molar-refractivity contribution in [3.8, 4) is 0 Å². The molecule has 0 aromatic rings. The van der Waals surface area contributed by atoms with Crippen molar-refractivity contribution in [3.05, 3.63) is 24.3 Å². The minimum Gasteiger partial charge on any atom is -0.466 e. The summed E-state index contributed by atoms with van der Waals surface area (Å²) < 4.78 is 5.46. The van der Waals surface area contributed by atoms with Crippen LogP contribution in [0.1, 0.15) is 264 Å². The Labute approximate surface area is 354 Å². The molecule has 3 N–H and O–H groups in total. The van der Waals surface area contributed by atoms with Gasteiger partial charge in [-0.05, 0) is 77.0 Å². The third kappa shape index (κ3) is 43.7. The van der Waals surface area contributed by atoms with E-state index in [0.717, 1.165) is 70.6 Å². The first kappa shape index (κ1) is 55.3. The van der Waals surface area contributed by atoms with E-state index in [4.69, 9.17) is 4.74 Å². The van der Waals surface area contributed by atoms with Crippen molar-refractivity contribution in [1.82, 2.24) is 5.32 Å². The highest BCUT2D eigenvalue weighted by atomic mass is 16.5. The lowest BCUT2D eigenvalue weighted by Gasteiger charge is -2.22. The van der Waals surface area contributed by atoms with Crippen LogP contribution < -0.4 is 5.32 Å². The van der Waals surface area contributed by atoms with Gasteiger partial charge in [0.2, 0.25) is 5.91 Å². The zero-order valence-corrected chi connectivity index (χ0v) is 38.1. The molecule has 0 aliphatic carbocycles. The third-order valence-corrected chi connectivity index (χ3v) is 11.5. The van der Waals surface area contributed by atoms with Gasteiger partial charge in [-0.2, -0.15) is 0 Å². The van der Waals surface area contributed by atoms with Crippen LogP contribution in [0, 0.1) is 0 Å². The Morgan fingerprint density at radius 2 is 0.825 bits per heavy atom. The van der Waals surface area contributed by atoms with Crippen LogP contribution in [0.2, 0.25) is 0 Å². The number of aliphatic hydroxyl groups excluding tert-OH is 2. The first-order valence-electron chi connectivity index (χ1n) is 25.1. The molecule has 0 aliphatic heterocycles. The third-order valence-electron chi connectivity index (χ3n) is 11.5. The van der Waals surface area contributed by atoms with Crippen LogP contribution in [0.15, 0.2) is 24.3 Å². The van der Waals surface area contributed by atoms with Gasteiger partial charge < -0.3 is 20.3 Å². The molecule has 0 bridgehead atoms. The number of amides is 1. The zero-order chi connectivity index (χ0) is 41.5. The van der Waals surface area contributed by atoms with Crippen LogP contribution in [0.5, 0.6) is 0 Å². The monoisotopic (exact) mass is 804 g/mol. The summed E-state index contributed by atoms with van der Waals surface area (Å²) in [5.74, 6) is -0.0838. The first-order chi connectivity index (χ1) is 28.0. The van der Waals surface area contributed by atoms with Crippen LogP contribution in [0.3, 0.4) is 0 Å². The predicted molar refractivity (Wildman–Crippen MR) is 246 cm³/mol. The van der Waals surface area contributed by atoms with Gasteiger partial charge in [0.25, 0.3) is 0 Å². The second kappa shape index (κ2) is 47.0. The molecule has 2 atom stereocenters. The van der Waals surface area contributed by atoms with Gasteiger partial charge in [0.05, 0.1) is 25.4 Å². The van der Waals surface area contributed by atoms with E-state index in [-0.39, 0.29) is 18.5 Å². The summed E-state index contributed by atoms with van der Waals surface area (Å²) in [6, 6.07) is -0.560. The Morgan fingerprint density at radius 3 is 1.26 bits per heavy atom. The Balaban J connectivity index is 3.47. The molecule has 0 saturated heterocycles. The fraction of sp³-hybridized carbons (Fsp3) is 0.882. The van der Waals surface area contributed by atoms with E-state index in [1.165, 1.54) is 161 Å². The Hall–Kier alpha value is -1.66. The maximum atomic E-state index is 12.4. The Morgan fingerprint density at radius 1 is 0.474 bits per heavy atom. The van der Waals surface area contributed by atoms with Crippen LogP contribution in [-0.2, 0) is 14.3 Å². The van der Waals surface area contributed by atoms with E-state index < -0.39 is 12.1 Å². The van der Waals surface area contributed by atoms with Gasteiger partial charge in [0.1, 0.15) is 0 Å². The molecule has 57 heavy (non-hydrogen) atoms. The first-order valence-corrected chi connectivity index (χ1v) is 25.1. The van der Waals surface area contributed by atoms with Crippen LogP contribution in [0.25, 0.3) is 0 Å². The van der Waals surface area contributed by atoms with E-state index in [9.17, 15) is 19.8 Å². The quantitative estimate of drug-likeness (QED) is 0.0324. The second-order valence-corrected chi connectivity index (χ2v) is 17.1. The fourth-order valence-corrected chi connectivity index (χ4v) is 7.57. The molecule has 2 unspecified atom stereocenters. The fourth-order valence-electron chi connectivity index (χ4n) is 7.57. The maximum absolute atomic E-state index is 12.4. The summed E-state index contributed by atoms with van der Waals surface area (Å²) >= 11 is 0. The van der Waals surface area contributed by atoms with Crippen LogP contribution in [-0.4, -0.2) is 47.4 Å². The van der Waals surface area contributed by atoms with Crippen molar-refractivity contribution in [2.45, 2.75) is 276 Å². The Bertz CT molecular complexity index is 889. The number of hydrogen-bond donors (Lipinski definition) is 3. The van der Waals surface area contributed by atoms with Crippen molar-refractivity contribution in [2.24, 2.45) is 0 Å². The molecule has 6 heteroatoms. The predicted octanol–water partition coefficient (Wildman–Crippen LogP) is 14.7. The highest BCUT2D eigenvalue weighted by Gasteiger charge is 2.20. The van der Waals surface area contributed by atoms with E-state index in [0.29, 0.717) is 25.9 Å². The summed E-state index contributed by atoms with van der Waals surface area (Å²) in [6.45, 7) is 4.88.